The normalized spacial score (nSPS) is 11.8. The van der Waals surface area contributed by atoms with Crippen LogP contribution in [0.15, 0.2) is 128 Å². The van der Waals surface area contributed by atoms with Crippen LogP contribution in [0.25, 0.3) is 64.7 Å². The van der Waals surface area contributed by atoms with Gasteiger partial charge in [0, 0.05) is 61.7 Å². The van der Waals surface area contributed by atoms with Crippen molar-refractivity contribution in [1.82, 2.24) is 9.97 Å². The molecule has 3 aromatic heterocycles. The number of hydrogen-bond donors (Lipinski definition) is 0. The molecule has 0 saturated heterocycles. The van der Waals surface area contributed by atoms with Crippen molar-refractivity contribution in [2.45, 2.75) is 6.18 Å². The molecule has 0 unspecified atom stereocenters. The molecule has 6 heteroatoms. The van der Waals surface area contributed by atoms with Crippen LogP contribution in [0.4, 0.5) is 13.2 Å². The van der Waals surface area contributed by atoms with Crippen LogP contribution in [0.2, 0.25) is 0 Å². The summed E-state index contributed by atoms with van der Waals surface area (Å²) in [5, 5.41) is 1.96. The van der Waals surface area contributed by atoms with Gasteiger partial charge in [-0.2, -0.15) is 13.2 Å². The molecule has 0 amide bonds. The zero-order valence-electron chi connectivity index (χ0n) is 21.6. The number of hydrogen-bond acceptors (Lipinski definition) is 3. The first kappa shape index (κ1) is 25.2. The van der Waals surface area contributed by atoms with Gasteiger partial charge in [0.05, 0.1) is 5.56 Å². The second-order valence-corrected chi connectivity index (χ2v) is 10.8. The molecule has 2 nitrogen and oxygen atoms in total. The summed E-state index contributed by atoms with van der Waals surface area (Å²) in [6, 6.07) is 31.9. The van der Waals surface area contributed by atoms with Gasteiger partial charge in [0.1, 0.15) is 0 Å². The molecule has 0 radical (unpaired) electrons. The molecule has 0 fully saturated rings. The minimum Gasteiger partial charge on any atom is -0.264 e. The number of aromatic nitrogens is 2. The summed E-state index contributed by atoms with van der Waals surface area (Å²) >= 11 is 1.54. The van der Waals surface area contributed by atoms with Crippen LogP contribution in [0, 0.1) is 0 Å². The highest BCUT2D eigenvalue weighted by molar-refractivity contribution is 7.26. The van der Waals surface area contributed by atoms with E-state index in [9.17, 15) is 13.2 Å². The van der Waals surface area contributed by atoms with Crippen LogP contribution in [-0.4, -0.2) is 9.97 Å². The van der Waals surface area contributed by atoms with Gasteiger partial charge in [0.15, 0.2) is 0 Å². The molecule has 198 valence electrons. The zero-order chi connectivity index (χ0) is 28.0. The van der Waals surface area contributed by atoms with Gasteiger partial charge in [0.2, 0.25) is 0 Å². The Morgan fingerprint density at radius 1 is 0.488 bits per heavy atom. The summed E-state index contributed by atoms with van der Waals surface area (Å²) in [5.41, 5.74) is 6.21. The van der Waals surface area contributed by atoms with Gasteiger partial charge < -0.3 is 0 Å². The highest BCUT2D eigenvalue weighted by atomic mass is 32.1. The van der Waals surface area contributed by atoms with Crippen molar-refractivity contribution in [3.63, 3.8) is 0 Å². The van der Waals surface area contributed by atoms with Crippen molar-refractivity contribution >= 4 is 31.5 Å². The first-order valence-electron chi connectivity index (χ1n) is 13.0. The molecule has 7 aromatic rings. The second-order valence-electron chi connectivity index (χ2n) is 9.79. The lowest BCUT2D eigenvalue weighted by Gasteiger charge is -2.13. The third-order valence-electron chi connectivity index (χ3n) is 7.28. The molecule has 0 atom stereocenters. The highest BCUT2D eigenvalue weighted by Crippen LogP contribution is 2.46. The Hall–Kier alpha value is -4.81. The fraction of sp³-hybridized carbons (Fsp3) is 0.0286. The fourth-order valence-electron chi connectivity index (χ4n) is 5.41. The molecule has 0 aliphatic carbocycles. The number of rotatable bonds is 4. The van der Waals surface area contributed by atoms with E-state index in [0.717, 1.165) is 59.6 Å². The predicted molar refractivity (Wildman–Crippen MR) is 162 cm³/mol. The average Bonchev–Trinajstić information content (AvgIpc) is 3.40. The Balaban J connectivity index is 1.48. The van der Waals surface area contributed by atoms with Crippen LogP contribution in [0.1, 0.15) is 5.56 Å². The maximum atomic E-state index is 14.0. The summed E-state index contributed by atoms with van der Waals surface area (Å²) in [4.78, 5) is 8.63. The topological polar surface area (TPSA) is 25.8 Å². The van der Waals surface area contributed by atoms with Gasteiger partial charge >= 0.3 is 6.18 Å². The molecule has 0 aliphatic rings. The fourth-order valence-corrected chi connectivity index (χ4v) is 6.77. The standard InChI is InChI=1S/C35H21F3N2S/c36-35(37,38)32-14-2-1-9-28(32)29-11-4-13-31-30-12-3-10-27(33(30)41-34(29)31)26-18-24(22-7-5-15-39-20-22)17-25(19-26)23-8-6-16-40-21-23/h1-21H. The Morgan fingerprint density at radius 2 is 1.02 bits per heavy atom. The molecule has 4 aromatic carbocycles. The average molecular weight is 559 g/mol. The Bertz CT molecular complexity index is 1970. The lowest BCUT2D eigenvalue weighted by molar-refractivity contribution is -0.137. The third-order valence-corrected chi connectivity index (χ3v) is 8.57. The van der Waals surface area contributed by atoms with Gasteiger partial charge in [-0.25, -0.2) is 0 Å². The van der Waals surface area contributed by atoms with Crippen molar-refractivity contribution in [3.8, 4) is 44.5 Å². The number of benzene rings is 4. The van der Waals surface area contributed by atoms with E-state index < -0.39 is 11.7 Å². The van der Waals surface area contributed by atoms with Crippen LogP contribution in [-0.2, 0) is 6.18 Å². The maximum absolute atomic E-state index is 14.0. The second kappa shape index (κ2) is 9.98. The Labute approximate surface area is 238 Å². The van der Waals surface area contributed by atoms with Gasteiger partial charge in [-0.3, -0.25) is 9.97 Å². The smallest absolute Gasteiger partial charge is 0.264 e. The predicted octanol–water partition coefficient (Wildman–Crippen LogP) is 10.5. The first-order valence-corrected chi connectivity index (χ1v) is 13.9. The summed E-state index contributed by atoms with van der Waals surface area (Å²) in [5.74, 6) is 0. The van der Waals surface area contributed by atoms with E-state index in [4.69, 9.17) is 0 Å². The Kier molecular flexibility index (Phi) is 6.13. The van der Waals surface area contributed by atoms with Crippen molar-refractivity contribution < 1.29 is 13.2 Å². The molecular formula is C35H21F3N2S. The molecular weight excluding hydrogens is 537 g/mol. The molecule has 7 rings (SSSR count). The lowest BCUT2D eigenvalue weighted by atomic mass is 9.93. The first-order chi connectivity index (χ1) is 20.0. The summed E-state index contributed by atoms with van der Waals surface area (Å²) in [6.07, 6.45) is 2.74. The molecule has 0 N–H and O–H groups in total. The van der Waals surface area contributed by atoms with E-state index in [1.807, 2.05) is 60.9 Å². The SMILES string of the molecule is FC(F)(F)c1ccccc1-c1cccc2c1sc1c(-c3cc(-c4cccnc4)cc(-c4cccnc4)c3)cccc12. The summed E-state index contributed by atoms with van der Waals surface area (Å²) in [6.45, 7) is 0. The van der Waals surface area contributed by atoms with Crippen molar-refractivity contribution in [2.75, 3.05) is 0 Å². The molecule has 0 bridgehead atoms. The largest absolute Gasteiger partial charge is 0.417 e. The minimum absolute atomic E-state index is 0.191. The molecule has 0 saturated carbocycles. The molecule has 41 heavy (non-hydrogen) atoms. The van der Waals surface area contributed by atoms with Gasteiger partial charge in [-0.15, -0.1) is 11.3 Å². The van der Waals surface area contributed by atoms with E-state index in [1.165, 1.54) is 17.4 Å². The van der Waals surface area contributed by atoms with Crippen LogP contribution in [0.3, 0.4) is 0 Å². The highest BCUT2D eigenvalue weighted by Gasteiger charge is 2.33. The Morgan fingerprint density at radius 3 is 1.61 bits per heavy atom. The zero-order valence-corrected chi connectivity index (χ0v) is 22.4. The number of fused-ring (bicyclic) bond motifs is 3. The van der Waals surface area contributed by atoms with Crippen LogP contribution >= 0.6 is 11.3 Å². The third kappa shape index (κ3) is 4.56. The van der Waals surface area contributed by atoms with Crippen molar-refractivity contribution in [2.24, 2.45) is 0 Å². The van der Waals surface area contributed by atoms with E-state index in [0.29, 0.717) is 5.56 Å². The van der Waals surface area contributed by atoms with Gasteiger partial charge in [-0.1, -0.05) is 66.7 Å². The lowest BCUT2D eigenvalue weighted by Crippen LogP contribution is -2.06. The van der Waals surface area contributed by atoms with E-state index >= 15 is 0 Å². The van der Waals surface area contributed by atoms with Crippen LogP contribution in [0.5, 0.6) is 0 Å². The number of alkyl halides is 3. The number of thiophene rings is 1. The van der Waals surface area contributed by atoms with E-state index in [-0.39, 0.29) is 5.56 Å². The number of halogens is 3. The monoisotopic (exact) mass is 558 g/mol. The van der Waals surface area contributed by atoms with Crippen molar-refractivity contribution in [1.29, 1.82) is 0 Å². The van der Waals surface area contributed by atoms with Crippen LogP contribution < -0.4 is 0 Å². The quantitative estimate of drug-likeness (QED) is 0.215. The summed E-state index contributed by atoms with van der Waals surface area (Å²) in [7, 11) is 0. The minimum atomic E-state index is -4.45. The summed E-state index contributed by atoms with van der Waals surface area (Å²) < 4.78 is 43.8. The van der Waals surface area contributed by atoms with Crippen molar-refractivity contribution in [3.05, 3.63) is 133 Å². The maximum Gasteiger partial charge on any atom is 0.417 e. The number of nitrogens with zero attached hydrogens (tertiary/aromatic N) is 2. The van der Waals surface area contributed by atoms with Gasteiger partial charge in [-0.05, 0) is 64.2 Å². The van der Waals surface area contributed by atoms with E-state index in [1.54, 1.807) is 30.6 Å². The molecule has 0 aliphatic heterocycles. The van der Waals surface area contributed by atoms with E-state index in [2.05, 4.69) is 34.2 Å². The van der Waals surface area contributed by atoms with Gasteiger partial charge in [0.25, 0.3) is 0 Å². The molecule has 3 heterocycles. The number of pyridine rings is 2. The molecule has 0 spiro atoms.